The van der Waals surface area contributed by atoms with E-state index in [-0.39, 0.29) is 11.6 Å². The average molecular weight is 122 g/mol. The molecule has 3 aliphatic rings. The molecule has 9 heavy (non-hydrogen) atoms. The number of hydrogen-bond donors (Lipinski definition) is 2. The Morgan fingerprint density at radius 1 is 1.67 bits per heavy atom. The number of fused-ring (bicyclic) bond motifs is 1. The minimum Gasteiger partial charge on any atom is -0.322 e. The minimum absolute atomic E-state index is 0.0995. The second-order valence-electron chi connectivity index (χ2n) is 2.87. The Hall–Kier alpha value is -0.600. The standard InChI is InChI=1S/C7H10N2/c8-6-5-2-1-3-7(6,9)4-5/h1-3,6H,4,8-9H2. The molecule has 0 radical (unpaired) electrons. The summed E-state index contributed by atoms with van der Waals surface area (Å²) in [6.07, 6.45) is 7.00. The van der Waals surface area contributed by atoms with E-state index in [9.17, 15) is 0 Å². The molecule has 1 saturated carbocycles. The Balaban J connectivity index is 2.39. The highest BCUT2D eigenvalue weighted by molar-refractivity contribution is 5.44. The first-order valence-corrected chi connectivity index (χ1v) is 3.15. The lowest BCUT2D eigenvalue weighted by molar-refractivity contribution is 0.350. The highest BCUT2D eigenvalue weighted by Gasteiger charge is 2.44. The maximum absolute atomic E-state index is 5.83. The van der Waals surface area contributed by atoms with Crippen molar-refractivity contribution in [1.29, 1.82) is 0 Å². The average Bonchev–Trinajstić information content (AvgIpc) is 1.88. The molecule has 48 valence electrons. The van der Waals surface area contributed by atoms with Gasteiger partial charge >= 0.3 is 0 Å². The third-order valence-corrected chi connectivity index (χ3v) is 2.21. The van der Waals surface area contributed by atoms with Crippen molar-refractivity contribution in [3.05, 3.63) is 23.8 Å². The fourth-order valence-corrected chi connectivity index (χ4v) is 1.46. The van der Waals surface area contributed by atoms with Gasteiger partial charge in [-0.2, -0.15) is 0 Å². The SMILES string of the molecule is NC1C2=CC=CC1(N)C2. The van der Waals surface area contributed by atoms with Crippen molar-refractivity contribution in [2.45, 2.75) is 18.0 Å². The van der Waals surface area contributed by atoms with Gasteiger partial charge in [-0.05, 0) is 12.0 Å². The first-order chi connectivity index (χ1) is 4.22. The van der Waals surface area contributed by atoms with E-state index in [1.54, 1.807) is 0 Å². The molecule has 0 aliphatic heterocycles. The summed E-state index contributed by atoms with van der Waals surface area (Å²) in [5.41, 5.74) is 12.7. The number of nitrogens with two attached hydrogens (primary N) is 2. The van der Waals surface area contributed by atoms with Crippen LogP contribution >= 0.6 is 0 Å². The van der Waals surface area contributed by atoms with E-state index in [4.69, 9.17) is 11.5 Å². The first kappa shape index (κ1) is 5.21. The molecule has 0 aromatic heterocycles. The van der Waals surface area contributed by atoms with Crippen molar-refractivity contribution in [1.82, 2.24) is 0 Å². The summed E-state index contributed by atoms with van der Waals surface area (Å²) >= 11 is 0. The van der Waals surface area contributed by atoms with Gasteiger partial charge in [-0.25, -0.2) is 0 Å². The van der Waals surface area contributed by atoms with E-state index < -0.39 is 0 Å². The molecule has 1 fully saturated rings. The third kappa shape index (κ3) is 0.471. The number of allylic oxidation sites excluding steroid dienone is 2. The summed E-state index contributed by atoms with van der Waals surface area (Å²) in [5.74, 6) is 0. The van der Waals surface area contributed by atoms with Crippen LogP contribution in [0.4, 0.5) is 0 Å². The molecule has 0 spiro atoms. The summed E-state index contributed by atoms with van der Waals surface area (Å²) in [7, 11) is 0. The zero-order chi connectivity index (χ0) is 6.48. The monoisotopic (exact) mass is 122 g/mol. The largest absolute Gasteiger partial charge is 0.322 e. The highest BCUT2D eigenvalue weighted by atomic mass is 14.9. The van der Waals surface area contributed by atoms with E-state index in [2.05, 4.69) is 6.08 Å². The maximum Gasteiger partial charge on any atom is 0.0573 e. The Morgan fingerprint density at radius 3 is 2.78 bits per heavy atom. The van der Waals surface area contributed by atoms with Crippen LogP contribution in [0.1, 0.15) is 6.42 Å². The van der Waals surface area contributed by atoms with Crippen LogP contribution in [-0.2, 0) is 0 Å². The Morgan fingerprint density at radius 2 is 2.44 bits per heavy atom. The normalized spacial score (nSPS) is 46.0. The molecule has 0 aromatic rings. The minimum atomic E-state index is -0.190. The van der Waals surface area contributed by atoms with Crippen molar-refractivity contribution in [2.24, 2.45) is 11.5 Å². The van der Waals surface area contributed by atoms with Crippen LogP contribution in [-0.4, -0.2) is 11.6 Å². The van der Waals surface area contributed by atoms with E-state index in [0.29, 0.717) is 0 Å². The van der Waals surface area contributed by atoms with Crippen molar-refractivity contribution >= 4 is 0 Å². The predicted octanol–water partition coefficient (Wildman–Crippen LogP) is -0.0889. The molecule has 0 heterocycles. The molecule has 3 aliphatic carbocycles. The molecule has 2 heteroatoms. The van der Waals surface area contributed by atoms with Gasteiger partial charge in [0.05, 0.1) is 5.54 Å². The second-order valence-corrected chi connectivity index (χ2v) is 2.87. The molecule has 3 rings (SSSR count). The van der Waals surface area contributed by atoms with Gasteiger partial charge in [-0.15, -0.1) is 0 Å². The zero-order valence-corrected chi connectivity index (χ0v) is 5.17. The van der Waals surface area contributed by atoms with Crippen molar-refractivity contribution < 1.29 is 0 Å². The van der Waals surface area contributed by atoms with Gasteiger partial charge in [0.15, 0.2) is 0 Å². The number of hydrogen-bond acceptors (Lipinski definition) is 2. The maximum atomic E-state index is 5.83. The lowest BCUT2D eigenvalue weighted by atomic mass is 9.66. The molecule has 2 atom stereocenters. The van der Waals surface area contributed by atoms with Gasteiger partial charge < -0.3 is 11.5 Å². The van der Waals surface area contributed by atoms with Crippen LogP contribution in [0.2, 0.25) is 0 Å². The summed E-state index contributed by atoms with van der Waals surface area (Å²) in [4.78, 5) is 0. The van der Waals surface area contributed by atoms with Crippen molar-refractivity contribution in [3.8, 4) is 0 Å². The second kappa shape index (κ2) is 1.28. The van der Waals surface area contributed by atoms with Crippen LogP contribution in [0, 0.1) is 0 Å². The predicted molar refractivity (Wildman–Crippen MR) is 36.7 cm³/mol. The van der Waals surface area contributed by atoms with Gasteiger partial charge in [0.1, 0.15) is 0 Å². The molecule has 2 nitrogen and oxygen atoms in total. The lowest BCUT2D eigenvalue weighted by Gasteiger charge is -2.47. The Kier molecular flexibility index (Phi) is 0.739. The molecule has 2 bridgehead atoms. The summed E-state index contributed by atoms with van der Waals surface area (Å²) in [5, 5.41) is 0. The van der Waals surface area contributed by atoms with E-state index in [1.807, 2.05) is 12.2 Å². The van der Waals surface area contributed by atoms with Gasteiger partial charge in [0, 0.05) is 6.04 Å². The van der Waals surface area contributed by atoms with Gasteiger partial charge in [-0.3, -0.25) is 0 Å². The van der Waals surface area contributed by atoms with Gasteiger partial charge in [0.2, 0.25) is 0 Å². The smallest absolute Gasteiger partial charge is 0.0573 e. The van der Waals surface area contributed by atoms with Gasteiger partial charge in [-0.1, -0.05) is 18.2 Å². The van der Waals surface area contributed by atoms with Crippen LogP contribution in [0.5, 0.6) is 0 Å². The molecule has 0 saturated heterocycles. The molecular formula is C7H10N2. The molecule has 0 aromatic carbocycles. The van der Waals surface area contributed by atoms with Crippen LogP contribution in [0.25, 0.3) is 0 Å². The van der Waals surface area contributed by atoms with E-state index in [1.165, 1.54) is 5.57 Å². The van der Waals surface area contributed by atoms with E-state index >= 15 is 0 Å². The van der Waals surface area contributed by atoms with Gasteiger partial charge in [0.25, 0.3) is 0 Å². The summed E-state index contributed by atoms with van der Waals surface area (Å²) in [6, 6.07) is 0.0995. The van der Waals surface area contributed by atoms with Crippen molar-refractivity contribution in [3.63, 3.8) is 0 Å². The quantitative estimate of drug-likeness (QED) is 0.472. The van der Waals surface area contributed by atoms with Crippen LogP contribution < -0.4 is 11.5 Å². The highest BCUT2D eigenvalue weighted by Crippen LogP contribution is 2.38. The number of rotatable bonds is 0. The molecular weight excluding hydrogens is 112 g/mol. The topological polar surface area (TPSA) is 52.0 Å². The third-order valence-electron chi connectivity index (χ3n) is 2.21. The Bertz CT molecular complexity index is 205. The molecule has 2 unspecified atom stereocenters. The first-order valence-electron chi connectivity index (χ1n) is 3.15. The molecule has 4 N–H and O–H groups in total. The Labute approximate surface area is 54.2 Å². The van der Waals surface area contributed by atoms with E-state index in [0.717, 1.165) is 6.42 Å². The summed E-state index contributed by atoms with van der Waals surface area (Å²) in [6.45, 7) is 0. The zero-order valence-electron chi connectivity index (χ0n) is 5.17. The van der Waals surface area contributed by atoms with Crippen LogP contribution in [0.15, 0.2) is 23.8 Å². The van der Waals surface area contributed by atoms with Crippen LogP contribution in [0.3, 0.4) is 0 Å². The lowest BCUT2D eigenvalue weighted by Crippen LogP contribution is -2.64. The molecule has 0 amide bonds. The fourth-order valence-electron chi connectivity index (χ4n) is 1.46. The fraction of sp³-hybridized carbons (Fsp3) is 0.429. The van der Waals surface area contributed by atoms with Crippen molar-refractivity contribution in [2.75, 3.05) is 0 Å². The summed E-state index contributed by atoms with van der Waals surface area (Å²) < 4.78 is 0.